The fourth-order valence-corrected chi connectivity index (χ4v) is 1.64. The van der Waals surface area contributed by atoms with E-state index in [0.29, 0.717) is 12.5 Å². The smallest absolute Gasteiger partial charge is 0.234 e. The largest absolute Gasteiger partial charge is 0.368 e. The van der Waals surface area contributed by atoms with Crippen molar-refractivity contribution in [3.8, 4) is 0 Å². The van der Waals surface area contributed by atoms with Gasteiger partial charge in [0.05, 0.1) is 6.04 Å². The lowest BCUT2D eigenvalue weighted by Crippen LogP contribution is -2.41. The van der Waals surface area contributed by atoms with Crippen molar-refractivity contribution in [2.45, 2.75) is 58.5 Å². The zero-order valence-electron chi connectivity index (χ0n) is 10.9. The first-order chi connectivity index (χ1) is 7.49. The van der Waals surface area contributed by atoms with Crippen LogP contribution in [0.1, 0.15) is 46.5 Å². The third-order valence-electron chi connectivity index (χ3n) is 2.87. The van der Waals surface area contributed by atoms with Crippen LogP contribution in [0.4, 0.5) is 0 Å². The Balaban J connectivity index is 3.89. The number of rotatable bonds is 9. The summed E-state index contributed by atoms with van der Waals surface area (Å²) in [7, 11) is 0. The molecule has 0 aromatic carbocycles. The van der Waals surface area contributed by atoms with E-state index in [0.717, 1.165) is 13.1 Å². The van der Waals surface area contributed by atoms with Gasteiger partial charge in [0.25, 0.3) is 0 Å². The monoisotopic (exact) mass is 229 g/mol. The molecule has 0 bridgehead atoms. The number of amides is 1. The summed E-state index contributed by atoms with van der Waals surface area (Å²) >= 11 is 0. The second-order valence-electron chi connectivity index (χ2n) is 4.63. The number of primary amides is 1. The van der Waals surface area contributed by atoms with Gasteiger partial charge in [-0.3, -0.25) is 4.79 Å². The summed E-state index contributed by atoms with van der Waals surface area (Å²) in [6.07, 6.45) is 4.35. The van der Waals surface area contributed by atoms with Gasteiger partial charge in [-0.25, -0.2) is 0 Å². The average molecular weight is 229 g/mol. The van der Waals surface area contributed by atoms with Crippen LogP contribution in [0.5, 0.6) is 0 Å². The number of carbonyl (C=O) groups excluding carboxylic acids is 1. The van der Waals surface area contributed by atoms with Crippen LogP contribution in [-0.2, 0) is 4.79 Å². The summed E-state index contributed by atoms with van der Waals surface area (Å²) in [5, 5.41) is 0. The van der Waals surface area contributed by atoms with Crippen LogP contribution in [0.2, 0.25) is 0 Å². The Kier molecular flexibility index (Phi) is 8.21. The van der Waals surface area contributed by atoms with Gasteiger partial charge in [0.1, 0.15) is 0 Å². The molecular formula is C12H27N3O. The number of unbranched alkanes of at least 4 members (excludes halogenated alkanes) is 2. The molecule has 1 atom stereocenters. The SMILES string of the molecule is CCCCCN(CCC(N)C(N)=O)C(C)C. The molecule has 0 fully saturated rings. The second-order valence-corrected chi connectivity index (χ2v) is 4.63. The zero-order chi connectivity index (χ0) is 12.6. The van der Waals surface area contributed by atoms with Crippen molar-refractivity contribution in [3.63, 3.8) is 0 Å². The first-order valence-corrected chi connectivity index (χ1v) is 6.28. The lowest BCUT2D eigenvalue weighted by Gasteiger charge is -2.27. The minimum absolute atomic E-state index is 0.405. The Morgan fingerprint density at radius 1 is 1.25 bits per heavy atom. The summed E-state index contributed by atoms with van der Waals surface area (Å²) in [4.78, 5) is 13.2. The van der Waals surface area contributed by atoms with Gasteiger partial charge < -0.3 is 16.4 Å². The van der Waals surface area contributed by atoms with Crippen molar-refractivity contribution in [1.82, 2.24) is 4.90 Å². The van der Waals surface area contributed by atoms with E-state index >= 15 is 0 Å². The molecule has 0 saturated carbocycles. The van der Waals surface area contributed by atoms with Crippen molar-refractivity contribution in [3.05, 3.63) is 0 Å². The van der Waals surface area contributed by atoms with Crippen molar-refractivity contribution in [2.24, 2.45) is 11.5 Å². The van der Waals surface area contributed by atoms with Gasteiger partial charge in [0.2, 0.25) is 5.91 Å². The topological polar surface area (TPSA) is 72.3 Å². The van der Waals surface area contributed by atoms with Crippen molar-refractivity contribution < 1.29 is 4.79 Å². The van der Waals surface area contributed by atoms with Crippen LogP contribution in [0, 0.1) is 0 Å². The molecule has 0 aromatic rings. The van der Waals surface area contributed by atoms with Crippen molar-refractivity contribution >= 4 is 5.91 Å². The van der Waals surface area contributed by atoms with Crippen LogP contribution < -0.4 is 11.5 Å². The maximum absolute atomic E-state index is 10.8. The van der Waals surface area contributed by atoms with E-state index in [-0.39, 0.29) is 0 Å². The molecule has 4 nitrogen and oxygen atoms in total. The van der Waals surface area contributed by atoms with Gasteiger partial charge in [-0.05, 0) is 33.2 Å². The molecule has 0 rings (SSSR count). The van der Waals surface area contributed by atoms with E-state index in [4.69, 9.17) is 11.5 Å². The standard InChI is InChI=1S/C12H27N3O/c1-4-5-6-8-15(10(2)3)9-7-11(13)12(14)16/h10-11H,4-9,13H2,1-3H3,(H2,14,16). The Hall–Kier alpha value is -0.610. The van der Waals surface area contributed by atoms with E-state index in [1.54, 1.807) is 0 Å². The van der Waals surface area contributed by atoms with Crippen molar-refractivity contribution in [2.75, 3.05) is 13.1 Å². The maximum Gasteiger partial charge on any atom is 0.234 e. The van der Waals surface area contributed by atoms with E-state index < -0.39 is 11.9 Å². The highest BCUT2D eigenvalue weighted by Gasteiger charge is 2.13. The normalized spacial score (nSPS) is 13.4. The van der Waals surface area contributed by atoms with Gasteiger partial charge in [-0.2, -0.15) is 0 Å². The maximum atomic E-state index is 10.8. The molecule has 1 unspecified atom stereocenters. The molecule has 96 valence electrons. The molecule has 0 aliphatic rings. The number of hydrogen-bond acceptors (Lipinski definition) is 3. The Morgan fingerprint density at radius 2 is 1.88 bits per heavy atom. The summed E-state index contributed by atoms with van der Waals surface area (Å²) in [6, 6.07) is -0.00985. The third kappa shape index (κ3) is 6.80. The van der Waals surface area contributed by atoms with Crippen LogP contribution in [0.15, 0.2) is 0 Å². The van der Waals surface area contributed by atoms with Crippen LogP contribution in [0.25, 0.3) is 0 Å². The van der Waals surface area contributed by atoms with Crippen LogP contribution in [0.3, 0.4) is 0 Å². The van der Waals surface area contributed by atoms with Gasteiger partial charge in [-0.1, -0.05) is 19.8 Å². The molecular weight excluding hydrogens is 202 g/mol. The Bertz CT molecular complexity index is 195. The van der Waals surface area contributed by atoms with Gasteiger partial charge in [0.15, 0.2) is 0 Å². The minimum Gasteiger partial charge on any atom is -0.368 e. The summed E-state index contributed by atoms with van der Waals surface area (Å²) in [5.74, 6) is -0.405. The minimum atomic E-state index is -0.507. The highest BCUT2D eigenvalue weighted by atomic mass is 16.1. The lowest BCUT2D eigenvalue weighted by atomic mass is 10.1. The van der Waals surface area contributed by atoms with Crippen LogP contribution in [-0.4, -0.2) is 36.0 Å². The quantitative estimate of drug-likeness (QED) is 0.581. The summed E-state index contributed by atoms with van der Waals surface area (Å²) < 4.78 is 0. The van der Waals surface area contributed by atoms with E-state index in [9.17, 15) is 4.79 Å². The van der Waals surface area contributed by atoms with Gasteiger partial charge in [0, 0.05) is 12.6 Å². The predicted molar refractivity (Wildman–Crippen MR) is 68.0 cm³/mol. The number of carbonyl (C=O) groups is 1. The molecule has 0 aliphatic carbocycles. The van der Waals surface area contributed by atoms with Gasteiger partial charge >= 0.3 is 0 Å². The summed E-state index contributed by atoms with van der Waals surface area (Å²) in [6.45, 7) is 8.47. The zero-order valence-corrected chi connectivity index (χ0v) is 10.9. The summed E-state index contributed by atoms with van der Waals surface area (Å²) in [5.41, 5.74) is 10.8. The predicted octanol–water partition coefficient (Wildman–Crippen LogP) is 1.09. The highest BCUT2D eigenvalue weighted by Crippen LogP contribution is 2.05. The van der Waals surface area contributed by atoms with Crippen LogP contribution >= 0.6 is 0 Å². The molecule has 0 spiro atoms. The average Bonchev–Trinajstić information content (AvgIpc) is 2.21. The lowest BCUT2D eigenvalue weighted by molar-refractivity contribution is -0.119. The second kappa shape index (κ2) is 8.53. The first-order valence-electron chi connectivity index (χ1n) is 6.28. The Morgan fingerprint density at radius 3 is 2.31 bits per heavy atom. The molecule has 0 aromatic heterocycles. The van der Waals surface area contributed by atoms with Gasteiger partial charge in [-0.15, -0.1) is 0 Å². The fourth-order valence-electron chi connectivity index (χ4n) is 1.64. The molecule has 0 radical (unpaired) electrons. The third-order valence-corrected chi connectivity index (χ3v) is 2.87. The molecule has 16 heavy (non-hydrogen) atoms. The molecule has 4 heteroatoms. The first kappa shape index (κ1) is 15.4. The highest BCUT2D eigenvalue weighted by molar-refractivity contribution is 5.79. The van der Waals surface area contributed by atoms with E-state index in [2.05, 4.69) is 25.7 Å². The fraction of sp³-hybridized carbons (Fsp3) is 0.917. The molecule has 0 heterocycles. The van der Waals surface area contributed by atoms with E-state index in [1.165, 1.54) is 19.3 Å². The Labute approximate surface area is 99.4 Å². The molecule has 1 amide bonds. The number of hydrogen-bond donors (Lipinski definition) is 2. The number of nitrogens with zero attached hydrogens (tertiary/aromatic N) is 1. The van der Waals surface area contributed by atoms with Crippen molar-refractivity contribution in [1.29, 1.82) is 0 Å². The molecule has 0 saturated heterocycles. The number of nitrogens with two attached hydrogens (primary N) is 2. The molecule has 0 aliphatic heterocycles. The molecule has 4 N–H and O–H groups in total. The van der Waals surface area contributed by atoms with E-state index in [1.807, 2.05) is 0 Å².